The second-order valence-electron chi connectivity index (χ2n) is 22.3. The van der Waals surface area contributed by atoms with Crippen molar-refractivity contribution in [3.05, 3.63) is 177 Å². The van der Waals surface area contributed by atoms with E-state index in [1.165, 1.54) is 57.1 Å². The van der Waals surface area contributed by atoms with Crippen LogP contribution in [0.25, 0.3) is 32.9 Å². The van der Waals surface area contributed by atoms with Gasteiger partial charge in [-0.1, -0.05) is 6.07 Å². The topological polar surface area (TPSA) is 256 Å². The Morgan fingerprint density at radius 3 is 1.23 bits per heavy atom. The fourth-order valence-electron chi connectivity index (χ4n) is 11.5. The Balaban J connectivity index is 0.000000145. The highest BCUT2D eigenvalue weighted by atomic mass is 19.1. The van der Waals surface area contributed by atoms with Gasteiger partial charge < -0.3 is 61.6 Å². The van der Waals surface area contributed by atoms with Crippen LogP contribution < -0.4 is 19.7 Å². The number of carbonyl (C=O) groups excluding carboxylic acids is 2. The standard InChI is InChI=1S/C26H28BFO6.C20H17FO5.C19H15FO5.H2O2/c1-25(2)26(3,4)34-27(33-25)19-9-10-20(28)24-18(19)8-11-21(24)32-16-6-7-17-15(12-23(29)30-5)14-31-22(17)13-16;1-24-19(23)8-11-10-25-18-9-12(2-3-13(11)18)26-17-7-4-14-16(22)6-5-15(21)20(14)17;20-14-4-5-15(21)13-3-6-16(19(13)14)25-11-1-2-12-10(7-18(22)23)9-24-17(12)8-11;1-2/h6-7,9-10,13-14,21H,8,11-12H2,1-5H3;2-3,5-6,9-10,17,22H,4,7-8H2,1H3;1-2,4-5,8-9,16,21H,3,6-7H2,(H,22,23);1-2H/t21-;17-;16-;/m111./s1. The van der Waals surface area contributed by atoms with Crippen molar-refractivity contribution in [3.8, 4) is 28.7 Å². The molecule has 454 valence electrons. The molecular formula is C65H62BF3O18. The maximum Gasteiger partial charge on any atom is 0.495 e. The number of carbonyl (C=O) groups is 3. The van der Waals surface area contributed by atoms with Gasteiger partial charge in [-0.25, -0.2) is 13.2 Å². The van der Waals surface area contributed by atoms with Gasteiger partial charge >= 0.3 is 25.0 Å². The van der Waals surface area contributed by atoms with Gasteiger partial charge in [-0.15, -0.1) is 0 Å². The number of aliphatic carboxylic acids is 1. The van der Waals surface area contributed by atoms with Crippen molar-refractivity contribution >= 4 is 63.4 Å². The first-order chi connectivity index (χ1) is 41.7. The SMILES string of the molecule is COC(=O)Cc1coc2cc(O[C@@H]3CCc4c(B5OC(C)(C)C(C)(C)O5)ccc(F)c43)ccc12.COC(=O)Cc1coc2cc(O[C@@H]3CCc4c(O)ccc(F)c43)ccc12.O=C(O)Cc1coc2cc(O[C@@H]3CCc4c(O)ccc(F)c43)ccc12.OO. The van der Waals surface area contributed by atoms with Gasteiger partial charge in [-0.05, 0) is 144 Å². The van der Waals surface area contributed by atoms with E-state index in [-0.39, 0.29) is 54.3 Å². The lowest BCUT2D eigenvalue weighted by atomic mass is 9.75. The third-order valence-electron chi connectivity index (χ3n) is 16.5. The molecule has 0 bridgehead atoms. The number of methoxy groups -OCH3 is 2. The number of hydrogen-bond acceptors (Lipinski definition) is 17. The number of carboxylic acid groups (broad SMARTS) is 1. The van der Waals surface area contributed by atoms with Gasteiger partial charge in [0.05, 0.1) is 63.5 Å². The summed E-state index contributed by atoms with van der Waals surface area (Å²) < 4.78 is 99.8. The maximum atomic E-state index is 15.0. The Morgan fingerprint density at radius 2 is 0.862 bits per heavy atom. The average Bonchev–Trinajstić information content (AvgIpc) is 2.00. The van der Waals surface area contributed by atoms with Crippen LogP contribution in [0.3, 0.4) is 0 Å². The molecule has 3 aliphatic carbocycles. The summed E-state index contributed by atoms with van der Waals surface area (Å²) in [5.41, 5.74) is 7.13. The van der Waals surface area contributed by atoms with Crippen molar-refractivity contribution < 1.29 is 99.6 Å². The van der Waals surface area contributed by atoms with Crippen LogP contribution in [0.5, 0.6) is 28.7 Å². The fraction of sp³-hybridized carbons (Fsp3) is 0.308. The molecule has 0 unspecified atom stereocenters. The number of esters is 2. The van der Waals surface area contributed by atoms with E-state index in [4.69, 9.17) is 57.1 Å². The van der Waals surface area contributed by atoms with Crippen LogP contribution in [-0.4, -0.2) is 76.3 Å². The molecule has 6 aromatic carbocycles. The van der Waals surface area contributed by atoms with Gasteiger partial charge in [-0.2, -0.15) is 0 Å². The van der Waals surface area contributed by atoms with E-state index in [2.05, 4.69) is 4.74 Å². The van der Waals surface area contributed by atoms with Crippen molar-refractivity contribution in [2.45, 2.75) is 115 Å². The Kier molecular flexibility index (Phi) is 17.7. The molecule has 1 saturated heterocycles. The number of ether oxygens (including phenoxy) is 5. The van der Waals surface area contributed by atoms with Crippen molar-refractivity contribution in [3.63, 3.8) is 0 Å². The number of benzene rings is 6. The molecule has 4 aliphatic rings. The summed E-state index contributed by atoms with van der Waals surface area (Å²) in [4.78, 5) is 33.9. The fourth-order valence-corrected chi connectivity index (χ4v) is 11.5. The molecular weight excluding hydrogens is 1140 g/mol. The smallest absolute Gasteiger partial charge is 0.495 e. The van der Waals surface area contributed by atoms with Crippen LogP contribution in [0, 0.1) is 17.5 Å². The van der Waals surface area contributed by atoms with Crippen molar-refractivity contribution in [2.75, 3.05) is 14.2 Å². The van der Waals surface area contributed by atoms with E-state index >= 15 is 4.39 Å². The van der Waals surface area contributed by atoms with Crippen molar-refractivity contribution in [2.24, 2.45) is 0 Å². The number of rotatable bonds is 13. The zero-order valence-electron chi connectivity index (χ0n) is 48.2. The monoisotopic (exact) mass is 1200 g/mol. The minimum Gasteiger partial charge on any atom is -0.508 e. The quantitative estimate of drug-likeness (QED) is 0.0311. The van der Waals surface area contributed by atoms with Gasteiger partial charge in [0.15, 0.2) is 0 Å². The molecule has 9 aromatic rings. The number of hydrogen-bond donors (Lipinski definition) is 5. The van der Waals surface area contributed by atoms with Crippen LogP contribution in [0.2, 0.25) is 0 Å². The van der Waals surface area contributed by atoms with Crippen LogP contribution >= 0.6 is 0 Å². The molecule has 18 nitrogen and oxygen atoms in total. The second-order valence-corrected chi connectivity index (χ2v) is 22.3. The lowest BCUT2D eigenvalue weighted by Gasteiger charge is -2.32. The molecule has 4 heterocycles. The second kappa shape index (κ2) is 25.2. The molecule has 87 heavy (non-hydrogen) atoms. The van der Waals surface area contributed by atoms with Gasteiger partial charge in [0.2, 0.25) is 0 Å². The predicted molar refractivity (Wildman–Crippen MR) is 310 cm³/mol. The summed E-state index contributed by atoms with van der Waals surface area (Å²) in [6.45, 7) is 8.02. The predicted octanol–water partition coefficient (Wildman–Crippen LogP) is 12.7. The molecule has 0 amide bonds. The summed E-state index contributed by atoms with van der Waals surface area (Å²) in [7, 11) is 2.14. The highest BCUT2D eigenvalue weighted by Gasteiger charge is 2.53. The van der Waals surface area contributed by atoms with Gasteiger partial charge in [0.1, 0.15) is 81.3 Å². The molecule has 0 radical (unpaired) electrons. The van der Waals surface area contributed by atoms with Gasteiger partial charge in [0, 0.05) is 78.9 Å². The number of furan rings is 3. The highest BCUT2D eigenvalue weighted by Crippen LogP contribution is 2.45. The van der Waals surface area contributed by atoms with E-state index in [1.807, 2.05) is 39.8 Å². The average molecular weight is 1200 g/mol. The van der Waals surface area contributed by atoms with E-state index in [1.54, 1.807) is 54.8 Å². The maximum absolute atomic E-state index is 15.0. The third kappa shape index (κ3) is 12.5. The van der Waals surface area contributed by atoms with Crippen LogP contribution in [0.15, 0.2) is 123 Å². The van der Waals surface area contributed by atoms with E-state index in [0.717, 1.165) is 32.9 Å². The Morgan fingerprint density at radius 1 is 0.517 bits per heavy atom. The molecule has 1 fully saturated rings. The lowest BCUT2D eigenvalue weighted by Crippen LogP contribution is -2.41. The van der Waals surface area contributed by atoms with E-state index in [0.29, 0.717) is 111 Å². The molecule has 3 atom stereocenters. The van der Waals surface area contributed by atoms with Crippen LogP contribution in [0.1, 0.15) is 115 Å². The number of carboxylic acids is 1. The minimum absolute atomic E-state index is 0.0855. The number of phenolic OH excluding ortho intramolecular Hbond substituents is 2. The summed E-state index contributed by atoms with van der Waals surface area (Å²) in [5, 5.41) is 43.0. The molecule has 0 saturated carbocycles. The minimum atomic E-state index is -0.930. The zero-order valence-corrected chi connectivity index (χ0v) is 48.2. The first kappa shape index (κ1) is 61.1. The summed E-state index contributed by atoms with van der Waals surface area (Å²) in [5.74, 6) is -0.865. The van der Waals surface area contributed by atoms with Crippen LogP contribution in [0.4, 0.5) is 13.2 Å². The summed E-state index contributed by atoms with van der Waals surface area (Å²) in [6.07, 6.45) is 6.86. The van der Waals surface area contributed by atoms with E-state index < -0.39 is 48.4 Å². The number of halogens is 3. The molecule has 3 aromatic heterocycles. The molecule has 5 N–H and O–H groups in total. The Bertz CT molecular complexity index is 4040. The highest BCUT2D eigenvalue weighted by molar-refractivity contribution is 6.62. The number of fused-ring (bicyclic) bond motifs is 6. The molecule has 1 aliphatic heterocycles. The van der Waals surface area contributed by atoms with Crippen molar-refractivity contribution in [1.29, 1.82) is 0 Å². The molecule has 13 rings (SSSR count). The molecule has 0 spiro atoms. The zero-order chi connectivity index (χ0) is 62.1. The summed E-state index contributed by atoms with van der Waals surface area (Å²) in [6, 6.07) is 24.3. The normalized spacial score (nSPS) is 17.5. The number of phenols is 2. The van der Waals surface area contributed by atoms with Crippen LogP contribution in [-0.2, 0) is 71.7 Å². The number of aromatic hydroxyl groups is 2. The Labute approximate surface area is 496 Å². The third-order valence-corrected chi connectivity index (χ3v) is 16.5. The van der Waals surface area contributed by atoms with Gasteiger partial charge in [-0.3, -0.25) is 24.9 Å². The first-order valence-electron chi connectivity index (χ1n) is 27.9. The molecule has 22 heteroatoms. The first-order valence-corrected chi connectivity index (χ1v) is 27.9. The van der Waals surface area contributed by atoms with E-state index in [9.17, 15) is 33.4 Å². The largest absolute Gasteiger partial charge is 0.508 e. The van der Waals surface area contributed by atoms with Gasteiger partial charge in [0.25, 0.3) is 0 Å². The Hall–Kier alpha value is -8.96. The summed E-state index contributed by atoms with van der Waals surface area (Å²) >= 11 is 0. The van der Waals surface area contributed by atoms with Crippen molar-refractivity contribution in [1.82, 2.24) is 0 Å². The lowest BCUT2D eigenvalue weighted by molar-refractivity contribution is -0.176.